The van der Waals surface area contributed by atoms with Crippen molar-refractivity contribution in [3.05, 3.63) is 41.3 Å². The Morgan fingerprint density at radius 1 is 1.33 bits per heavy atom. The normalized spacial score (nSPS) is 19.2. The zero-order valence-electron chi connectivity index (χ0n) is 13.6. The van der Waals surface area contributed by atoms with Crippen LogP contribution in [0.4, 0.5) is 8.78 Å². The summed E-state index contributed by atoms with van der Waals surface area (Å²) in [6, 6.07) is 3.36. The number of amides is 1. The Kier molecular flexibility index (Phi) is 4.62. The largest absolute Gasteiger partial charge is 0.441 e. The maximum atomic E-state index is 13.4. The van der Waals surface area contributed by atoms with Gasteiger partial charge >= 0.3 is 0 Å². The summed E-state index contributed by atoms with van der Waals surface area (Å²) >= 11 is 0. The highest BCUT2D eigenvalue weighted by Gasteiger charge is 2.23. The molecule has 0 spiro atoms. The molecule has 0 aliphatic carbocycles. The predicted molar refractivity (Wildman–Crippen MR) is 84.1 cm³/mol. The number of halogens is 2. The van der Waals surface area contributed by atoms with Gasteiger partial charge in [-0.1, -0.05) is 0 Å². The second kappa shape index (κ2) is 6.68. The molecule has 1 amide bonds. The number of carbonyl (C=O) groups is 1. The standard InChI is InChI=1S/C17H19F2N3O2/c1-10-8-20-16(23)3-4-22(10)9-15-11(2)24-17(21-15)12-5-13(18)7-14(19)6-12/h5-7,10H,3-4,8-9H2,1-2H3,(H,20,23)/t10-/m0/s1. The Bertz CT molecular complexity index is 740. The van der Waals surface area contributed by atoms with Crippen molar-refractivity contribution in [2.24, 2.45) is 0 Å². The van der Waals surface area contributed by atoms with Crippen molar-refractivity contribution in [3.63, 3.8) is 0 Å². The van der Waals surface area contributed by atoms with Crippen LogP contribution < -0.4 is 5.32 Å². The minimum absolute atomic E-state index is 0.0390. The molecule has 0 unspecified atom stereocenters. The van der Waals surface area contributed by atoms with Crippen molar-refractivity contribution < 1.29 is 18.0 Å². The summed E-state index contributed by atoms with van der Waals surface area (Å²) in [4.78, 5) is 18.0. The maximum Gasteiger partial charge on any atom is 0.226 e. The minimum Gasteiger partial charge on any atom is -0.441 e. The van der Waals surface area contributed by atoms with E-state index in [0.717, 1.165) is 6.07 Å². The van der Waals surface area contributed by atoms with Gasteiger partial charge in [0, 0.05) is 43.7 Å². The first-order valence-corrected chi connectivity index (χ1v) is 7.86. The van der Waals surface area contributed by atoms with E-state index in [9.17, 15) is 13.6 Å². The van der Waals surface area contributed by atoms with Crippen LogP contribution in [0.25, 0.3) is 11.5 Å². The number of rotatable bonds is 3. The average Bonchev–Trinajstić information content (AvgIpc) is 2.80. The number of hydrogen-bond donors (Lipinski definition) is 1. The topological polar surface area (TPSA) is 58.4 Å². The van der Waals surface area contributed by atoms with Crippen LogP contribution in [0.15, 0.2) is 22.6 Å². The molecule has 1 saturated heterocycles. The Morgan fingerprint density at radius 3 is 2.75 bits per heavy atom. The fourth-order valence-corrected chi connectivity index (χ4v) is 2.75. The Morgan fingerprint density at radius 2 is 2.04 bits per heavy atom. The van der Waals surface area contributed by atoms with Gasteiger partial charge in [0.2, 0.25) is 11.8 Å². The number of hydrogen-bond acceptors (Lipinski definition) is 4. The summed E-state index contributed by atoms with van der Waals surface area (Å²) in [5, 5.41) is 2.86. The van der Waals surface area contributed by atoms with E-state index < -0.39 is 11.6 Å². The highest BCUT2D eigenvalue weighted by Crippen LogP contribution is 2.24. The number of oxazole rings is 1. The Balaban J connectivity index is 1.82. The van der Waals surface area contributed by atoms with E-state index in [-0.39, 0.29) is 23.4 Å². The second-order valence-electron chi connectivity index (χ2n) is 6.05. The lowest BCUT2D eigenvalue weighted by atomic mass is 10.2. The van der Waals surface area contributed by atoms with Gasteiger partial charge in [-0.3, -0.25) is 9.69 Å². The molecule has 7 heteroatoms. The van der Waals surface area contributed by atoms with Crippen LogP contribution in [0.5, 0.6) is 0 Å². The fourth-order valence-electron chi connectivity index (χ4n) is 2.75. The van der Waals surface area contributed by atoms with Gasteiger partial charge < -0.3 is 9.73 Å². The van der Waals surface area contributed by atoms with Gasteiger partial charge in [-0.05, 0) is 26.0 Å². The predicted octanol–water partition coefficient (Wildman–Crippen LogP) is 2.64. The highest BCUT2D eigenvalue weighted by molar-refractivity contribution is 5.76. The third-order valence-corrected chi connectivity index (χ3v) is 4.20. The van der Waals surface area contributed by atoms with Gasteiger partial charge in [0.1, 0.15) is 17.4 Å². The van der Waals surface area contributed by atoms with E-state index >= 15 is 0 Å². The molecule has 1 fully saturated rings. The van der Waals surface area contributed by atoms with Crippen molar-refractivity contribution in [2.45, 2.75) is 32.9 Å². The molecular weight excluding hydrogens is 316 g/mol. The molecule has 0 saturated carbocycles. The average molecular weight is 335 g/mol. The maximum absolute atomic E-state index is 13.4. The summed E-state index contributed by atoms with van der Waals surface area (Å²) < 4.78 is 32.3. The van der Waals surface area contributed by atoms with Crippen molar-refractivity contribution in [3.8, 4) is 11.5 Å². The van der Waals surface area contributed by atoms with Crippen molar-refractivity contribution in [1.82, 2.24) is 15.2 Å². The molecule has 2 heterocycles. The third-order valence-electron chi connectivity index (χ3n) is 4.20. The molecule has 3 rings (SSSR count). The summed E-state index contributed by atoms with van der Waals surface area (Å²) in [5.74, 6) is -0.513. The second-order valence-corrected chi connectivity index (χ2v) is 6.05. The minimum atomic E-state index is -0.673. The first kappa shape index (κ1) is 16.6. The highest BCUT2D eigenvalue weighted by atomic mass is 19.1. The summed E-state index contributed by atoms with van der Waals surface area (Å²) in [6.45, 7) is 5.53. The zero-order valence-corrected chi connectivity index (χ0v) is 13.6. The number of aryl methyl sites for hydroxylation is 1. The first-order chi connectivity index (χ1) is 11.4. The van der Waals surface area contributed by atoms with E-state index in [1.165, 1.54) is 12.1 Å². The number of carbonyl (C=O) groups excluding carboxylic acids is 1. The number of nitrogens with one attached hydrogen (secondary N) is 1. The van der Waals surface area contributed by atoms with Gasteiger partial charge in [0.15, 0.2) is 0 Å². The van der Waals surface area contributed by atoms with Gasteiger partial charge in [0.05, 0.1) is 5.69 Å². The lowest BCUT2D eigenvalue weighted by molar-refractivity contribution is -0.120. The number of nitrogens with zero attached hydrogens (tertiary/aromatic N) is 2. The van der Waals surface area contributed by atoms with Gasteiger partial charge in [-0.25, -0.2) is 13.8 Å². The summed E-state index contributed by atoms with van der Waals surface area (Å²) in [6.07, 6.45) is 0.434. The molecular formula is C17H19F2N3O2. The molecule has 1 atom stereocenters. The molecule has 1 aromatic carbocycles. The third kappa shape index (κ3) is 3.62. The van der Waals surface area contributed by atoms with E-state index in [1.807, 2.05) is 6.92 Å². The Labute approximate surface area is 138 Å². The van der Waals surface area contributed by atoms with Crippen LogP contribution >= 0.6 is 0 Å². The molecule has 1 N–H and O–H groups in total. The number of aromatic nitrogens is 1. The summed E-state index contributed by atoms with van der Waals surface area (Å²) in [7, 11) is 0. The molecule has 2 aromatic rings. The van der Waals surface area contributed by atoms with Crippen LogP contribution in [0.3, 0.4) is 0 Å². The monoisotopic (exact) mass is 335 g/mol. The van der Waals surface area contributed by atoms with Crippen molar-refractivity contribution in [1.29, 1.82) is 0 Å². The van der Waals surface area contributed by atoms with Gasteiger partial charge in [0.25, 0.3) is 0 Å². The van der Waals surface area contributed by atoms with Crippen molar-refractivity contribution in [2.75, 3.05) is 13.1 Å². The molecule has 24 heavy (non-hydrogen) atoms. The quantitative estimate of drug-likeness (QED) is 0.937. The SMILES string of the molecule is Cc1oc(-c2cc(F)cc(F)c2)nc1CN1CCC(=O)NC[C@@H]1C. The van der Waals surface area contributed by atoms with E-state index in [1.54, 1.807) is 6.92 Å². The molecule has 0 radical (unpaired) electrons. The first-order valence-electron chi connectivity index (χ1n) is 7.86. The number of benzene rings is 1. The van der Waals surface area contributed by atoms with E-state index in [4.69, 9.17) is 4.42 Å². The molecule has 1 aliphatic heterocycles. The van der Waals surface area contributed by atoms with Crippen molar-refractivity contribution >= 4 is 5.91 Å². The summed E-state index contributed by atoms with van der Waals surface area (Å²) in [5.41, 5.74) is 0.971. The molecule has 128 valence electrons. The molecule has 1 aromatic heterocycles. The van der Waals surface area contributed by atoms with Crippen LogP contribution in [0, 0.1) is 18.6 Å². The Hall–Kier alpha value is -2.28. The van der Waals surface area contributed by atoms with Crippen LogP contribution in [-0.4, -0.2) is 34.9 Å². The van der Waals surface area contributed by atoms with Gasteiger partial charge in [-0.2, -0.15) is 0 Å². The lowest BCUT2D eigenvalue weighted by Gasteiger charge is -2.25. The van der Waals surface area contributed by atoms with Crippen LogP contribution in [-0.2, 0) is 11.3 Å². The van der Waals surface area contributed by atoms with E-state index in [0.29, 0.717) is 37.5 Å². The van der Waals surface area contributed by atoms with Gasteiger partial charge in [-0.15, -0.1) is 0 Å². The fraction of sp³-hybridized carbons (Fsp3) is 0.412. The molecule has 0 bridgehead atoms. The van der Waals surface area contributed by atoms with E-state index in [2.05, 4.69) is 15.2 Å². The smallest absolute Gasteiger partial charge is 0.226 e. The lowest BCUT2D eigenvalue weighted by Crippen LogP contribution is -2.37. The van der Waals surface area contributed by atoms with Crippen LogP contribution in [0.1, 0.15) is 24.8 Å². The molecule has 5 nitrogen and oxygen atoms in total. The zero-order chi connectivity index (χ0) is 17.3. The van der Waals surface area contributed by atoms with Crippen LogP contribution in [0.2, 0.25) is 0 Å². The molecule has 1 aliphatic rings.